The van der Waals surface area contributed by atoms with E-state index in [1.807, 2.05) is 6.92 Å². The van der Waals surface area contributed by atoms with E-state index < -0.39 is 4.92 Å². The van der Waals surface area contributed by atoms with E-state index in [0.29, 0.717) is 4.47 Å². The second-order valence-corrected chi connectivity index (χ2v) is 4.06. The number of non-ortho nitro benzene ring substituents is 1. The number of hydrogen-bond donors (Lipinski definition) is 2. The van der Waals surface area contributed by atoms with Crippen molar-refractivity contribution in [2.24, 2.45) is 0 Å². The summed E-state index contributed by atoms with van der Waals surface area (Å²) in [5.41, 5.74) is 0.951. The van der Waals surface area contributed by atoms with Gasteiger partial charge in [-0.25, -0.2) is 0 Å². The van der Waals surface area contributed by atoms with Crippen LogP contribution >= 0.6 is 15.9 Å². The van der Waals surface area contributed by atoms with Gasteiger partial charge in [0.05, 0.1) is 4.92 Å². The normalized spacial score (nSPS) is 10.1. The van der Waals surface area contributed by atoms with Gasteiger partial charge in [0.2, 0.25) is 0 Å². The third-order valence-corrected chi connectivity index (χ3v) is 2.69. The molecule has 0 saturated carbocycles. The van der Waals surface area contributed by atoms with Crippen LogP contribution < -0.4 is 10.6 Å². The number of nitro groups is 1. The Morgan fingerprint density at radius 1 is 1.44 bits per heavy atom. The summed E-state index contributed by atoms with van der Waals surface area (Å²) in [6.07, 6.45) is 0. The van der Waals surface area contributed by atoms with Crippen molar-refractivity contribution in [3.05, 3.63) is 32.8 Å². The first-order valence-electron chi connectivity index (χ1n) is 5.03. The highest BCUT2D eigenvalue weighted by molar-refractivity contribution is 9.10. The van der Waals surface area contributed by atoms with Gasteiger partial charge >= 0.3 is 0 Å². The predicted octanol–water partition coefficient (Wildman–Crippen LogP) is 2.38. The van der Waals surface area contributed by atoms with Crippen LogP contribution in [0.15, 0.2) is 22.7 Å². The molecule has 16 heavy (non-hydrogen) atoms. The molecule has 0 bridgehead atoms. The highest BCUT2D eigenvalue weighted by atomic mass is 79.9. The lowest BCUT2D eigenvalue weighted by atomic mass is 10.3. The van der Waals surface area contributed by atoms with Crippen LogP contribution in [-0.4, -0.2) is 24.6 Å². The first kappa shape index (κ1) is 12.9. The molecule has 5 nitrogen and oxygen atoms in total. The van der Waals surface area contributed by atoms with Gasteiger partial charge in [0.1, 0.15) is 0 Å². The quantitative estimate of drug-likeness (QED) is 0.479. The van der Waals surface area contributed by atoms with Gasteiger partial charge in [-0.2, -0.15) is 0 Å². The average molecular weight is 288 g/mol. The fourth-order valence-corrected chi connectivity index (χ4v) is 1.73. The molecule has 1 aromatic carbocycles. The molecule has 0 atom stereocenters. The van der Waals surface area contributed by atoms with Crippen LogP contribution in [0.5, 0.6) is 0 Å². The van der Waals surface area contributed by atoms with E-state index >= 15 is 0 Å². The molecule has 88 valence electrons. The summed E-state index contributed by atoms with van der Waals surface area (Å²) in [4.78, 5) is 10.1. The molecule has 0 radical (unpaired) electrons. The lowest BCUT2D eigenvalue weighted by Crippen LogP contribution is -2.21. The second kappa shape index (κ2) is 6.44. The molecule has 2 N–H and O–H groups in total. The predicted molar refractivity (Wildman–Crippen MR) is 67.8 cm³/mol. The number of benzene rings is 1. The van der Waals surface area contributed by atoms with Crippen molar-refractivity contribution >= 4 is 27.3 Å². The average Bonchev–Trinajstić information content (AvgIpc) is 2.26. The van der Waals surface area contributed by atoms with E-state index in [0.717, 1.165) is 25.3 Å². The summed E-state index contributed by atoms with van der Waals surface area (Å²) in [7, 11) is 0. The van der Waals surface area contributed by atoms with Gasteiger partial charge in [0.25, 0.3) is 5.69 Å². The Morgan fingerprint density at radius 3 is 2.75 bits per heavy atom. The standard InChI is InChI=1S/C10H14BrN3O2/c1-2-12-5-6-13-10-4-3-8(14(15)16)7-9(10)11/h3-4,7,12-13H,2,5-6H2,1H3. The van der Waals surface area contributed by atoms with Crippen molar-refractivity contribution in [1.29, 1.82) is 0 Å². The molecule has 0 heterocycles. The molecule has 0 aromatic heterocycles. The molecule has 1 rings (SSSR count). The Hall–Kier alpha value is -1.14. The Kier molecular flexibility index (Phi) is 5.21. The van der Waals surface area contributed by atoms with Crippen LogP contribution in [0.3, 0.4) is 0 Å². The zero-order chi connectivity index (χ0) is 12.0. The molecule has 0 aliphatic heterocycles. The number of likely N-dealkylation sites (N-methyl/N-ethyl adjacent to an activating group) is 1. The van der Waals surface area contributed by atoms with E-state index in [2.05, 4.69) is 26.6 Å². The summed E-state index contributed by atoms with van der Waals surface area (Å²) in [5, 5.41) is 16.9. The number of hydrogen-bond acceptors (Lipinski definition) is 4. The molecule has 0 saturated heterocycles. The Bertz CT molecular complexity index is 371. The number of nitro benzene ring substituents is 1. The smallest absolute Gasteiger partial charge is 0.270 e. The van der Waals surface area contributed by atoms with Crippen LogP contribution in [0.2, 0.25) is 0 Å². The first-order valence-corrected chi connectivity index (χ1v) is 5.83. The van der Waals surface area contributed by atoms with Crippen molar-refractivity contribution in [1.82, 2.24) is 5.32 Å². The lowest BCUT2D eigenvalue weighted by molar-refractivity contribution is -0.384. The minimum Gasteiger partial charge on any atom is -0.383 e. The molecule has 1 aromatic rings. The van der Waals surface area contributed by atoms with Gasteiger partial charge < -0.3 is 10.6 Å². The van der Waals surface area contributed by atoms with E-state index in [1.54, 1.807) is 6.07 Å². The number of nitrogens with zero attached hydrogens (tertiary/aromatic N) is 1. The van der Waals surface area contributed by atoms with E-state index in [4.69, 9.17) is 0 Å². The molecule has 0 unspecified atom stereocenters. The summed E-state index contributed by atoms with van der Waals surface area (Å²) < 4.78 is 0.707. The van der Waals surface area contributed by atoms with Crippen LogP contribution in [0.25, 0.3) is 0 Å². The summed E-state index contributed by atoms with van der Waals surface area (Å²) in [6, 6.07) is 4.68. The highest BCUT2D eigenvalue weighted by Gasteiger charge is 2.08. The van der Waals surface area contributed by atoms with Crippen LogP contribution in [-0.2, 0) is 0 Å². The number of halogens is 1. The molecule has 6 heteroatoms. The SMILES string of the molecule is CCNCCNc1ccc([N+](=O)[O-])cc1Br. The summed E-state index contributed by atoms with van der Waals surface area (Å²) in [5.74, 6) is 0. The van der Waals surface area contributed by atoms with Crippen molar-refractivity contribution in [3.8, 4) is 0 Å². The van der Waals surface area contributed by atoms with Gasteiger partial charge in [0.15, 0.2) is 0 Å². The summed E-state index contributed by atoms with van der Waals surface area (Å²) in [6.45, 7) is 4.62. The van der Waals surface area contributed by atoms with Crippen LogP contribution in [0.4, 0.5) is 11.4 Å². The molecule has 0 amide bonds. The Labute approximate surface area is 103 Å². The van der Waals surface area contributed by atoms with Crippen molar-refractivity contribution in [2.75, 3.05) is 25.0 Å². The minimum atomic E-state index is -0.410. The maximum Gasteiger partial charge on any atom is 0.270 e. The van der Waals surface area contributed by atoms with E-state index in [1.165, 1.54) is 12.1 Å². The number of rotatable bonds is 6. The van der Waals surface area contributed by atoms with Gasteiger partial charge in [-0.15, -0.1) is 0 Å². The van der Waals surface area contributed by atoms with Crippen LogP contribution in [0.1, 0.15) is 6.92 Å². The monoisotopic (exact) mass is 287 g/mol. The number of anilines is 1. The van der Waals surface area contributed by atoms with Gasteiger partial charge in [-0.1, -0.05) is 6.92 Å². The number of nitrogens with one attached hydrogen (secondary N) is 2. The molecule has 0 aliphatic rings. The fourth-order valence-electron chi connectivity index (χ4n) is 1.22. The minimum absolute atomic E-state index is 0.0871. The van der Waals surface area contributed by atoms with Gasteiger partial charge in [-0.3, -0.25) is 10.1 Å². The molecule has 0 aliphatic carbocycles. The largest absolute Gasteiger partial charge is 0.383 e. The zero-order valence-electron chi connectivity index (χ0n) is 9.00. The Morgan fingerprint density at radius 2 is 2.19 bits per heavy atom. The molecule has 0 spiro atoms. The van der Waals surface area contributed by atoms with Gasteiger partial charge in [0, 0.05) is 35.4 Å². The van der Waals surface area contributed by atoms with Crippen molar-refractivity contribution in [2.45, 2.75) is 6.92 Å². The summed E-state index contributed by atoms with van der Waals surface area (Å²) >= 11 is 3.30. The third-order valence-electron chi connectivity index (χ3n) is 2.03. The van der Waals surface area contributed by atoms with Crippen LogP contribution in [0, 0.1) is 10.1 Å². The zero-order valence-corrected chi connectivity index (χ0v) is 10.6. The molecule has 0 fully saturated rings. The van der Waals surface area contributed by atoms with Crippen molar-refractivity contribution < 1.29 is 4.92 Å². The highest BCUT2D eigenvalue weighted by Crippen LogP contribution is 2.26. The maximum atomic E-state index is 10.5. The topological polar surface area (TPSA) is 67.2 Å². The van der Waals surface area contributed by atoms with E-state index in [-0.39, 0.29) is 5.69 Å². The van der Waals surface area contributed by atoms with Gasteiger partial charge in [-0.05, 0) is 28.5 Å². The maximum absolute atomic E-state index is 10.5. The third kappa shape index (κ3) is 3.79. The second-order valence-electron chi connectivity index (χ2n) is 3.20. The first-order chi connectivity index (χ1) is 7.65. The lowest BCUT2D eigenvalue weighted by Gasteiger charge is -2.08. The fraction of sp³-hybridized carbons (Fsp3) is 0.400. The molecular weight excluding hydrogens is 274 g/mol. The molecular formula is C10H14BrN3O2. The van der Waals surface area contributed by atoms with E-state index in [9.17, 15) is 10.1 Å². The Balaban J connectivity index is 2.57. The van der Waals surface area contributed by atoms with Crippen molar-refractivity contribution in [3.63, 3.8) is 0 Å².